The number of nitrogens with zero attached hydrogens (tertiary/aromatic N) is 1. The Balaban J connectivity index is 1.79. The monoisotopic (exact) mass is 294 g/mol. The van der Waals surface area contributed by atoms with Gasteiger partial charge in [-0.25, -0.2) is 4.98 Å². The fourth-order valence-electron chi connectivity index (χ4n) is 2.18. The summed E-state index contributed by atoms with van der Waals surface area (Å²) in [5.74, 6) is 0. The van der Waals surface area contributed by atoms with Crippen LogP contribution in [0.2, 0.25) is 0 Å². The maximum Gasteiger partial charge on any atom is 0.183 e. The van der Waals surface area contributed by atoms with E-state index >= 15 is 0 Å². The maximum atomic E-state index is 4.42. The molecule has 0 fully saturated rings. The lowest BCUT2D eigenvalue weighted by Gasteiger charge is -2.03. The summed E-state index contributed by atoms with van der Waals surface area (Å²) in [4.78, 5) is 5.62. The Hall–Kier alpha value is -2.13. The van der Waals surface area contributed by atoms with Crippen LogP contribution in [0.3, 0.4) is 0 Å². The quantitative estimate of drug-likeness (QED) is 0.690. The molecule has 0 radical (unpaired) electrons. The molecular formula is C18H18N2S. The van der Waals surface area contributed by atoms with Gasteiger partial charge < -0.3 is 5.32 Å². The molecule has 0 aliphatic carbocycles. The van der Waals surface area contributed by atoms with Gasteiger partial charge in [0.2, 0.25) is 0 Å². The van der Waals surface area contributed by atoms with Crippen molar-refractivity contribution < 1.29 is 0 Å². The molecule has 0 saturated carbocycles. The van der Waals surface area contributed by atoms with Crippen molar-refractivity contribution in [2.24, 2.45) is 0 Å². The van der Waals surface area contributed by atoms with E-state index in [4.69, 9.17) is 0 Å². The Labute approximate surface area is 129 Å². The highest BCUT2D eigenvalue weighted by Gasteiger charge is 2.04. The summed E-state index contributed by atoms with van der Waals surface area (Å²) < 4.78 is 0. The predicted octanol–water partition coefficient (Wildman–Crippen LogP) is 5.30. The third-order valence-electron chi connectivity index (χ3n) is 3.31. The van der Waals surface area contributed by atoms with Crippen LogP contribution in [-0.4, -0.2) is 11.5 Å². The van der Waals surface area contributed by atoms with E-state index in [1.54, 1.807) is 11.3 Å². The van der Waals surface area contributed by atoms with E-state index in [-0.39, 0.29) is 0 Å². The number of nitrogens with one attached hydrogen (secondary N) is 1. The first-order valence-electron chi connectivity index (χ1n) is 7.22. The SMILES string of the molecule is CCCNc1ncc(-c2ccc(-c3ccccc3)cc2)s1. The minimum Gasteiger partial charge on any atom is -0.362 e. The first-order valence-corrected chi connectivity index (χ1v) is 8.04. The number of benzene rings is 2. The standard InChI is InChI=1S/C18H18N2S/c1-2-12-19-18-20-13-17(21-18)16-10-8-15(9-11-16)14-6-4-3-5-7-14/h3-11,13H,2,12H2,1H3,(H,19,20). The molecule has 3 aromatic rings. The minimum absolute atomic E-state index is 0.972. The molecule has 106 valence electrons. The van der Waals surface area contributed by atoms with Crippen LogP contribution in [0.5, 0.6) is 0 Å². The molecule has 2 nitrogen and oxygen atoms in total. The normalized spacial score (nSPS) is 10.5. The Morgan fingerprint density at radius 3 is 2.29 bits per heavy atom. The predicted molar refractivity (Wildman–Crippen MR) is 91.8 cm³/mol. The molecule has 1 aromatic heterocycles. The zero-order valence-corrected chi connectivity index (χ0v) is 12.9. The smallest absolute Gasteiger partial charge is 0.183 e. The second-order valence-corrected chi connectivity index (χ2v) is 5.93. The zero-order valence-electron chi connectivity index (χ0n) is 12.0. The van der Waals surface area contributed by atoms with Gasteiger partial charge in [-0.2, -0.15) is 0 Å². The van der Waals surface area contributed by atoms with Crippen molar-refractivity contribution in [2.45, 2.75) is 13.3 Å². The number of hydrogen-bond donors (Lipinski definition) is 1. The summed E-state index contributed by atoms with van der Waals surface area (Å²) in [5.41, 5.74) is 3.71. The second-order valence-electron chi connectivity index (χ2n) is 4.90. The van der Waals surface area contributed by atoms with Gasteiger partial charge >= 0.3 is 0 Å². The van der Waals surface area contributed by atoms with Crippen LogP contribution < -0.4 is 5.32 Å². The molecule has 2 aromatic carbocycles. The van der Waals surface area contributed by atoms with E-state index in [0.29, 0.717) is 0 Å². The third kappa shape index (κ3) is 3.31. The van der Waals surface area contributed by atoms with Gasteiger partial charge in [0.15, 0.2) is 5.13 Å². The summed E-state index contributed by atoms with van der Waals surface area (Å²) in [5, 5.41) is 4.33. The van der Waals surface area contributed by atoms with Gasteiger partial charge in [0.1, 0.15) is 0 Å². The second kappa shape index (κ2) is 6.55. The molecule has 0 saturated heterocycles. The fraction of sp³-hybridized carbons (Fsp3) is 0.167. The van der Waals surface area contributed by atoms with Crippen LogP contribution in [0.4, 0.5) is 5.13 Å². The Kier molecular flexibility index (Phi) is 4.31. The van der Waals surface area contributed by atoms with E-state index in [9.17, 15) is 0 Å². The van der Waals surface area contributed by atoms with Crippen molar-refractivity contribution in [1.29, 1.82) is 0 Å². The Morgan fingerprint density at radius 1 is 0.905 bits per heavy atom. The first kappa shape index (κ1) is 13.8. The molecule has 0 atom stereocenters. The zero-order chi connectivity index (χ0) is 14.5. The molecule has 0 unspecified atom stereocenters. The van der Waals surface area contributed by atoms with Gasteiger partial charge in [-0.1, -0.05) is 72.9 Å². The number of thiazole rings is 1. The molecule has 0 aliphatic rings. The lowest BCUT2D eigenvalue weighted by molar-refractivity contribution is 0.976. The highest BCUT2D eigenvalue weighted by molar-refractivity contribution is 7.18. The summed E-state index contributed by atoms with van der Waals surface area (Å²) in [6.07, 6.45) is 3.06. The van der Waals surface area contributed by atoms with Gasteiger partial charge in [0.25, 0.3) is 0 Å². The summed E-state index contributed by atoms with van der Waals surface area (Å²) in [6.45, 7) is 3.13. The summed E-state index contributed by atoms with van der Waals surface area (Å²) >= 11 is 1.71. The lowest BCUT2D eigenvalue weighted by atomic mass is 10.0. The van der Waals surface area contributed by atoms with Crippen LogP contribution >= 0.6 is 11.3 Å². The van der Waals surface area contributed by atoms with E-state index in [2.05, 4.69) is 65.8 Å². The van der Waals surface area contributed by atoms with Crippen molar-refractivity contribution in [3.05, 3.63) is 60.8 Å². The van der Waals surface area contributed by atoms with Crippen LogP contribution in [0.25, 0.3) is 21.6 Å². The van der Waals surface area contributed by atoms with E-state index < -0.39 is 0 Å². The van der Waals surface area contributed by atoms with Crippen molar-refractivity contribution in [1.82, 2.24) is 4.98 Å². The van der Waals surface area contributed by atoms with Crippen molar-refractivity contribution in [3.8, 4) is 21.6 Å². The van der Waals surface area contributed by atoms with Gasteiger partial charge in [0, 0.05) is 12.7 Å². The first-order chi connectivity index (χ1) is 10.4. The maximum absolute atomic E-state index is 4.42. The molecule has 1 N–H and O–H groups in total. The molecule has 21 heavy (non-hydrogen) atoms. The van der Waals surface area contributed by atoms with Crippen LogP contribution in [-0.2, 0) is 0 Å². The van der Waals surface area contributed by atoms with E-state index in [0.717, 1.165) is 18.1 Å². The van der Waals surface area contributed by atoms with E-state index in [1.165, 1.54) is 21.6 Å². The summed E-state index contributed by atoms with van der Waals surface area (Å²) in [7, 11) is 0. The van der Waals surface area contributed by atoms with Gasteiger partial charge in [-0.3, -0.25) is 0 Å². The third-order valence-corrected chi connectivity index (χ3v) is 4.31. The highest BCUT2D eigenvalue weighted by atomic mass is 32.1. The van der Waals surface area contributed by atoms with E-state index in [1.807, 2.05) is 12.3 Å². The van der Waals surface area contributed by atoms with Gasteiger partial charge in [-0.15, -0.1) is 0 Å². The molecule has 0 aliphatic heterocycles. The fourth-order valence-corrected chi connectivity index (χ4v) is 3.03. The highest BCUT2D eigenvalue weighted by Crippen LogP contribution is 2.30. The molecule has 0 bridgehead atoms. The Morgan fingerprint density at radius 2 is 1.57 bits per heavy atom. The van der Waals surface area contributed by atoms with Crippen LogP contribution in [0, 0.1) is 0 Å². The topological polar surface area (TPSA) is 24.9 Å². The average Bonchev–Trinajstić information content (AvgIpc) is 3.03. The van der Waals surface area contributed by atoms with Gasteiger partial charge in [-0.05, 0) is 23.1 Å². The number of anilines is 1. The molecular weight excluding hydrogens is 276 g/mol. The molecule has 1 heterocycles. The number of hydrogen-bond acceptors (Lipinski definition) is 3. The van der Waals surface area contributed by atoms with Crippen molar-refractivity contribution in [3.63, 3.8) is 0 Å². The largest absolute Gasteiger partial charge is 0.362 e. The number of aromatic nitrogens is 1. The van der Waals surface area contributed by atoms with Gasteiger partial charge in [0.05, 0.1) is 4.88 Å². The van der Waals surface area contributed by atoms with Crippen LogP contribution in [0.15, 0.2) is 60.8 Å². The molecule has 3 heteroatoms. The molecule has 0 spiro atoms. The Bertz CT molecular complexity index is 687. The molecule has 0 amide bonds. The van der Waals surface area contributed by atoms with Crippen molar-refractivity contribution >= 4 is 16.5 Å². The van der Waals surface area contributed by atoms with Crippen molar-refractivity contribution in [2.75, 3.05) is 11.9 Å². The number of rotatable bonds is 5. The molecule has 3 rings (SSSR count). The average molecular weight is 294 g/mol. The summed E-state index contributed by atoms with van der Waals surface area (Å²) in [6, 6.07) is 19.1. The lowest BCUT2D eigenvalue weighted by Crippen LogP contribution is -1.97. The van der Waals surface area contributed by atoms with Crippen LogP contribution in [0.1, 0.15) is 13.3 Å². The minimum atomic E-state index is 0.972.